The highest BCUT2D eigenvalue weighted by Crippen LogP contribution is 2.28. The zero-order chi connectivity index (χ0) is 14.8. The molecule has 0 aliphatic rings. The van der Waals surface area contributed by atoms with Crippen LogP contribution in [-0.2, 0) is 6.54 Å². The topological polar surface area (TPSA) is 99.9 Å². The number of rotatable bonds is 4. The smallest absolute Gasteiger partial charge is 0.269 e. The summed E-state index contributed by atoms with van der Waals surface area (Å²) in [7, 11) is 0. The molecule has 0 atom stereocenters. The molecule has 0 aliphatic carbocycles. The van der Waals surface area contributed by atoms with Gasteiger partial charge >= 0.3 is 0 Å². The van der Waals surface area contributed by atoms with Crippen LogP contribution in [0.2, 0.25) is 0 Å². The fourth-order valence-electron chi connectivity index (χ4n) is 2.27. The van der Waals surface area contributed by atoms with Crippen LogP contribution in [0.25, 0.3) is 22.2 Å². The minimum atomic E-state index is -0.420. The lowest BCUT2D eigenvalue weighted by Crippen LogP contribution is -2.10. The summed E-state index contributed by atoms with van der Waals surface area (Å²) in [6.07, 6.45) is 3.45. The standard InChI is InChI=1S/C14H13N5O2/c15-6-8-18-13-5-7-16-9-12(13)14(17-18)10-1-3-11(4-2-10)19(20)21/h1-5,7,9H,6,8,15H2. The lowest BCUT2D eigenvalue weighted by molar-refractivity contribution is -0.384. The monoisotopic (exact) mass is 283 g/mol. The predicted molar refractivity (Wildman–Crippen MR) is 78.7 cm³/mol. The average Bonchev–Trinajstić information content (AvgIpc) is 2.87. The summed E-state index contributed by atoms with van der Waals surface area (Å²) in [5.41, 5.74) is 8.17. The number of benzene rings is 1. The van der Waals surface area contributed by atoms with Crippen LogP contribution >= 0.6 is 0 Å². The number of nitrogens with zero attached hydrogens (tertiary/aromatic N) is 4. The Kier molecular flexibility index (Phi) is 3.33. The van der Waals surface area contributed by atoms with Crippen molar-refractivity contribution >= 4 is 16.6 Å². The molecule has 0 saturated heterocycles. The van der Waals surface area contributed by atoms with Crippen molar-refractivity contribution in [1.82, 2.24) is 14.8 Å². The van der Waals surface area contributed by atoms with E-state index in [-0.39, 0.29) is 5.69 Å². The molecular weight excluding hydrogens is 270 g/mol. The number of hydrogen-bond acceptors (Lipinski definition) is 5. The Morgan fingerprint density at radius 2 is 2.00 bits per heavy atom. The normalized spacial score (nSPS) is 10.9. The Morgan fingerprint density at radius 3 is 2.67 bits per heavy atom. The Hall–Kier alpha value is -2.80. The van der Waals surface area contributed by atoms with E-state index in [2.05, 4.69) is 10.1 Å². The summed E-state index contributed by atoms with van der Waals surface area (Å²) in [4.78, 5) is 14.4. The summed E-state index contributed by atoms with van der Waals surface area (Å²) in [5, 5.41) is 16.2. The molecule has 7 heteroatoms. The van der Waals surface area contributed by atoms with Crippen LogP contribution in [0.15, 0.2) is 42.7 Å². The Balaban J connectivity index is 2.13. The lowest BCUT2D eigenvalue weighted by Gasteiger charge is -1.99. The van der Waals surface area contributed by atoms with Crippen molar-refractivity contribution in [1.29, 1.82) is 0 Å². The minimum Gasteiger partial charge on any atom is -0.329 e. The highest BCUT2D eigenvalue weighted by atomic mass is 16.6. The number of nitro benzene ring substituents is 1. The van der Waals surface area contributed by atoms with E-state index in [9.17, 15) is 10.1 Å². The zero-order valence-corrected chi connectivity index (χ0v) is 11.1. The maximum atomic E-state index is 10.7. The number of fused-ring (bicyclic) bond motifs is 1. The first-order valence-corrected chi connectivity index (χ1v) is 6.46. The lowest BCUT2D eigenvalue weighted by atomic mass is 10.1. The molecule has 21 heavy (non-hydrogen) atoms. The second-order valence-corrected chi connectivity index (χ2v) is 4.56. The Bertz CT molecular complexity index is 795. The maximum Gasteiger partial charge on any atom is 0.269 e. The number of pyridine rings is 1. The van der Waals surface area contributed by atoms with Gasteiger partial charge in [0.2, 0.25) is 0 Å². The highest BCUT2D eigenvalue weighted by molar-refractivity contribution is 5.92. The number of aromatic nitrogens is 3. The third-order valence-electron chi connectivity index (χ3n) is 3.24. The molecule has 2 N–H and O–H groups in total. The Morgan fingerprint density at radius 1 is 1.24 bits per heavy atom. The first-order chi connectivity index (χ1) is 10.2. The molecule has 2 heterocycles. The van der Waals surface area contributed by atoms with E-state index in [1.807, 2.05) is 10.7 Å². The van der Waals surface area contributed by atoms with E-state index >= 15 is 0 Å². The summed E-state index contributed by atoms with van der Waals surface area (Å²) >= 11 is 0. The van der Waals surface area contributed by atoms with Crippen molar-refractivity contribution < 1.29 is 4.92 Å². The van der Waals surface area contributed by atoms with Gasteiger partial charge in [-0.25, -0.2) is 0 Å². The maximum absolute atomic E-state index is 10.7. The molecular formula is C14H13N5O2. The number of nitro groups is 1. The largest absolute Gasteiger partial charge is 0.329 e. The molecule has 3 aromatic rings. The number of hydrogen-bond donors (Lipinski definition) is 1. The van der Waals surface area contributed by atoms with E-state index in [0.29, 0.717) is 13.1 Å². The molecule has 0 saturated carbocycles. The van der Waals surface area contributed by atoms with Crippen LogP contribution in [0.5, 0.6) is 0 Å². The van der Waals surface area contributed by atoms with Gasteiger partial charge < -0.3 is 5.73 Å². The van der Waals surface area contributed by atoms with Crippen molar-refractivity contribution in [2.45, 2.75) is 6.54 Å². The van der Waals surface area contributed by atoms with Crippen molar-refractivity contribution in [3.05, 3.63) is 52.8 Å². The van der Waals surface area contributed by atoms with Gasteiger partial charge in [-0.3, -0.25) is 19.8 Å². The highest BCUT2D eigenvalue weighted by Gasteiger charge is 2.13. The van der Waals surface area contributed by atoms with E-state index in [1.165, 1.54) is 12.1 Å². The van der Waals surface area contributed by atoms with Crippen LogP contribution in [0.4, 0.5) is 5.69 Å². The zero-order valence-electron chi connectivity index (χ0n) is 11.1. The van der Waals surface area contributed by atoms with Crippen LogP contribution in [-0.4, -0.2) is 26.2 Å². The van der Waals surface area contributed by atoms with Crippen LogP contribution in [0.1, 0.15) is 0 Å². The van der Waals surface area contributed by atoms with Crippen molar-refractivity contribution in [3.63, 3.8) is 0 Å². The molecule has 106 valence electrons. The molecule has 2 aromatic heterocycles. The van der Waals surface area contributed by atoms with Gasteiger partial charge in [0, 0.05) is 42.0 Å². The van der Waals surface area contributed by atoms with Gasteiger partial charge in [-0.15, -0.1) is 0 Å². The molecule has 7 nitrogen and oxygen atoms in total. The van der Waals surface area contributed by atoms with E-state index in [0.717, 1.165) is 22.2 Å². The first-order valence-electron chi connectivity index (χ1n) is 6.46. The van der Waals surface area contributed by atoms with Crippen molar-refractivity contribution in [2.75, 3.05) is 6.54 Å². The van der Waals surface area contributed by atoms with Gasteiger partial charge in [0.05, 0.1) is 17.0 Å². The van der Waals surface area contributed by atoms with Crippen molar-refractivity contribution in [2.24, 2.45) is 5.73 Å². The van der Waals surface area contributed by atoms with Gasteiger partial charge in [0.25, 0.3) is 5.69 Å². The fourth-order valence-corrected chi connectivity index (χ4v) is 2.27. The quantitative estimate of drug-likeness (QED) is 0.582. The van der Waals surface area contributed by atoms with Crippen LogP contribution in [0.3, 0.4) is 0 Å². The minimum absolute atomic E-state index is 0.0579. The second-order valence-electron chi connectivity index (χ2n) is 4.56. The number of non-ortho nitro benzene ring substituents is 1. The molecule has 0 unspecified atom stereocenters. The van der Waals surface area contributed by atoms with Crippen LogP contribution in [0, 0.1) is 10.1 Å². The van der Waals surface area contributed by atoms with Gasteiger partial charge in [0.1, 0.15) is 5.69 Å². The molecule has 0 radical (unpaired) electrons. The van der Waals surface area contributed by atoms with E-state index < -0.39 is 4.92 Å². The van der Waals surface area contributed by atoms with Gasteiger partial charge in [0.15, 0.2) is 0 Å². The molecule has 0 bridgehead atoms. The molecule has 0 fully saturated rings. The van der Waals surface area contributed by atoms with Crippen molar-refractivity contribution in [3.8, 4) is 11.3 Å². The van der Waals surface area contributed by atoms with E-state index in [1.54, 1.807) is 24.5 Å². The third-order valence-corrected chi connectivity index (χ3v) is 3.24. The molecule has 0 aliphatic heterocycles. The number of nitrogens with two attached hydrogens (primary N) is 1. The van der Waals surface area contributed by atoms with E-state index in [4.69, 9.17) is 5.73 Å². The van der Waals surface area contributed by atoms with Gasteiger partial charge in [-0.05, 0) is 18.2 Å². The van der Waals surface area contributed by atoms with Gasteiger partial charge in [-0.1, -0.05) is 0 Å². The SMILES string of the molecule is NCCn1nc(-c2ccc([N+](=O)[O-])cc2)c2cnccc21. The predicted octanol–water partition coefficient (Wildman–Crippen LogP) is 1.97. The third kappa shape index (κ3) is 2.34. The summed E-state index contributed by atoms with van der Waals surface area (Å²) in [6.45, 7) is 1.09. The van der Waals surface area contributed by atoms with Crippen LogP contribution < -0.4 is 5.73 Å². The Labute approximate surface area is 120 Å². The molecule has 0 spiro atoms. The molecule has 3 rings (SSSR count). The summed E-state index contributed by atoms with van der Waals surface area (Å²) < 4.78 is 1.83. The second kappa shape index (κ2) is 5.29. The summed E-state index contributed by atoms with van der Waals surface area (Å²) in [5.74, 6) is 0. The molecule has 0 amide bonds. The fraction of sp³-hybridized carbons (Fsp3) is 0.143. The summed E-state index contributed by atoms with van der Waals surface area (Å²) in [6, 6.07) is 8.21. The van der Waals surface area contributed by atoms with Gasteiger partial charge in [-0.2, -0.15) is 5.10 Å². The first kappa shape index (κ1) is 13.2. The average molecular weight is 283 g/mol. The molecule has 1 aromatic carbocycles.